The van der Waals surface area contributed by atoms with Crippen LogP contribution in [0, 0.1) is 0 Å². The molecule has 0 saturated heterocycles. The molecule has 0 bridgehead atoms. The van der Waals surface area contributed by atoms with Crippen LogP contribution in [0.25, 0.3) is 0 Å². The summed E-state index contributed by atoms with van der Waals surface area (Å²) in [6.45, 7) is 0. The molecule has 1 aromatic heterocycles. The van der Waals surface area contributed by atoms with Gasteiger partial charge in [-0.05, 0) is 12.1 Å². The van der Waals surface area contributed by atoms with Gasteiger partial charge in [0.2, 0.25) is 0 Å². The predicted molar refractivity (Wildman–Crippen MR) is 36.6 cm³/mol. The van der Waals surface area contributed by atoms with Gasteiger partial charge in [-0.2, -0.15) is 0 Å². The van der Waals surface area contributed by atoms with Crippen LogP contribution in [0.3, 0.4) is 0 Å². The Morgan fingerprint density at radius 2 is 2.33 bits per heavy atom. The number of hydrogen-bond donors (Lipinski definition) is 0. The van der Waals surface area contributed by atoms with Crippen molar-refractivity contribution in [1.29, 1.82) is 0 Å². The summed E-state index contributed by atoms with van der Waals surface area (Å²) in [5.74, 6) is 0.739. The smallest absolute Gasteiger partial charge is 0.137 e. The molecule has 9 heavy (non-hydrogen) atoms. The SMILES string of the molecule is COc1ccc([S])nc1. The van der Waals surface area contributed by atoms with E-state index in [1.165, 1.54) is 0 Å². The van der Waals surface area contributed by atoms with E-state index in [2.05, 4.69) is 4.98 Å². The van der Waals surface area contributed by atoms with Crippen molar-refractivity contribution >= 4 is 12.6 Å². The molecule has 0 N–H and O–H groups in total. The van der Waals surface area contributed by atoms with Gasteiger partial charge in [0.1, 0.15) is 10.8 Å². The lowest BCUT2D eigenvalue weighted by Crippen LogP contribution is -1.82. The van der Waals surface area contributed by atoms with E-state index in [1.807, 2.05) is 0 Å². The molecule has 1 rings (SSSR count). The summed E-state index contributed by atoms with van der Waals surface area (Å²) >= 11 is 4.75. The third-order valence-corrected chi connectivity index (χ3v) is 1.19. The van der Waals surface area contributed by atoms with Crippen molar-refractivity contribution in [1.82, 2.24) is 4.98 Å². The van der Waals surface area contributed by atoms with E-state index in [1.54, 1.807) is 25.4 Å². The summed E-state index contributed by atoms with van der Waals surface area (Å²) in [4.78, 5) is 3.84. The summed E-state index contributed by atoms with van der Waals surface area (Å²) in [7, 11) is 1.60. The number of aromatic nitrogens is 1. The molecule has 0 unspecified atom stereocenters. The van der Waals surface area contributed by atoms with Crippen LogP contribution in [-0.2, 0) is 0 Å². The maximum atomic E-state index is 4.86. The topological polar surface area (TPSA) is 22.1 Å². The Labute approximate surface area is 59.3 Å². The summed E-state index contributed by atoms with van der Waals surface area (Å²) in [6, 6.07) is 3.52. The van der Waals surface area contributed by atoms with Crippen LogP contribution in [0.2, 0.25) is 0 Å². The number of rotatable bonds is 1. The zero-order valence-electron chi connectivity index (χ0n) is 5.00. The van der Waals surface area contributed by atoms with Crippen molar-refractivity contribution in [2.24, 2.45) is 0 Å². The molecule has 0 fully saturated rings. The molecular weight excluding hydrogens is 134 g/mol. The molecule has 47 valence electrons. The van der Waals surface area contributed by atoms with Gasteiger partial charge in [-0.1, -0.05) is 12.6 Å². The molecular formula is C6H6NOS. The third kappa shape index (κ3) is 1.54. The van der Waals surface area contributed by atoms with Gasteiger partial charge in [0, 0.05) is 0 Å². The van der Waals surface area contributed by atoms with Crippen molar-refractivity contribution in [3.05, 3.63) is 18.3 Å². The number of hydrogen-bond acceptors (Lipinski definition) is 2. The van der Waals surface area contributed by atoms with E-state index in [0.717, 1.165) is 5.75 Å². The Kier molecular flexibility index (Phi) is 1.85. The highest BCUT2D eigenvalue weighted by atomic mass is 32.1. The highest BCUT2D eigenvalue weighted by molar-refractivity contribution is 7.80. The lowest BCUT2D eigenvalue weighted by molar-refractivity contribution is 0.412. The lowest BCUT2D eigenvalue weighted by atomic mass is 10.5. The molecule has 0 aromatic carbocycles. The Morgan fingerprint density at radius 3 is 2.78 bits per heavy atom. The quantitative estimate of drug-likeness (QED) is 0.591. The van der Waals surface area contributed by atoms with Gasteiger partial charge in [0.05, 0.1) is 13.3 Å². The first-order valence-electron chi connectivity index (χ1n) is 2.50. The standard InChI is InChI=1S/C6H6NOS/c1-8-5-2-3-6(9)7-4-5/h2-4H,1H3. The number of nitrogens with zero attached hydrogens (tertiary/aromatic N) is 1. The first-order valence-corrected chi connectivity index (χ1v) is 2.91. The Bertz CT molecular complexity index is 185. The van der Waals surface area contributed by atoms with Crippen LogP contribution >= 0.6 is 12.6 Å². The summed E-state index contributed by atoms with van der Waals surface area (Å²) in [5.41, 5.74) is 0. The highest BCUT2D eigenvalue weighted by Gasteiger charge is 1.88. The Hall–Kier alpha value is -0.830. The van der Waals surface area contributed by atoms with Crippen LogP contribution in [-0.4, -0.2) is 12.1 Å². The highest BCUT2D eigenvalue weighted by Crippen LogP contribution is 2.09. The second-order valence-electron chi connectivity index (χ2n) is 1.54. The van der Waals surface area contributed by atoms with Gasteiger partial charge < -0.3 is 4.74 Å². The van der Waals surface area contributed by atoms with Crippen LogP contribution in [0.4, 0.5) is 0 Å². The summed E-state index contributed by atoms with van der Waals surface area (Å²) in [6.07, 6.45) is 1.60. The van der Waals surface area contributed by atoms with E-state index < -0.39 is 0 Å². The maximum Gasteiger partial charge on any atom is 0.137 e. The van der Waals surface area contributed by atoms with E-state index in [0.29, 0.717) is 5.03 Å². The van der Waals surface area contributed by atoms with Crippen molar-refractivity contribution in [2.75, 3.05) is 7.11 Å². The minimum atomic E-state index is 0.593. The number of methoxy groups -OCH3 is 1. The molecule has 0 aliphatic rings. The van der Waals surface area contributed by atoms with E-state index in [4.69, 9.17) is 17.4 Å². The summed E-state index contributed by atoms with van der Waals surface area (Å²) in [5, 5.41) is 0.593. The normalized spacial score (nSPS) is 9.00. The maximum absolute atomic E-state index is 4.86. The molecule has 0 spiro atoms. The van der Waals surface area contributed by atoms with Crippen LogP contribution in [0.5, 0.6) is 5.75 Å². The monoisotopic (exact) mass is 140 g/mol. The number of ether oxygens (including phenoxy) is 1. The van der Waals surface area contributed by atoms with Crippen molar-refractivity contribution in [3.8, 4) is 5.75 Å². The first-order chi connectivity index (χ1) is 4.33. The van der Waals surface area contributed by atoms with Crippen molar-refractivity contribution < 1.29 is 4.74 Å². The average Bonchev–Trinajstić information content (AvgIpc) is 1.90. The molecule has 1 heterocycles. The average molecular weight is 140 g/mol. The van der Waals surface area contributed by atoms with Gasteiger partial charge in [0.15, 0.2) is 0 Å². The van der Waals surface area contributed by atoms with Gasteiger partial charge in [0.25, 0.3) is 0 Å². The fourth-order valence-electron chi connectivity index (χ4n) is 0.487. The van der Waals surface area contributed by atoms with Crippen molar-refractivity contribution in [3.63, 3.8) is 0 Å². The molecule has 2 nitrogen and oxygen atoms in total. The predicted octanol–water partition coefficient (Wildman–Crippen LogP) is 1.65. The van der Waals surface area contributed by atoms with E-state index in [9.17, 15) is 0 Å². The first kappa shape index (κ1) is 6.29. The van der Waals surface area contributed by atoms with Gasteiger partial charge in [-0.25, -0.2) is 4.98 Å². The molecule has 0 amide bonds. The lowest BCUT2D eigenvalue weighted by Gasteiger charge is -1.95. The molecule has 1 aromatic rings. The second-order valence-corrected chi connectivity index (χ2v) is 1.95. The summed E-state index contributed by atoms with van der Waals surface area (Å²) < 4.78 is 4.86. The molecule has 3 heteroatoms. The van der Waals surface area contributed by atoms with Gasteiger partial charge in [-0.15, -0.1) is 0 Å². The second kappa shape index (κ2) is 2.64. The van der Waals surface area contributed by atoms with Crippen LogP contribution in [0.15, 0.2) is 23.4 Å². The zero-order chi connectivity index (χ0) is 6.69. The van der Waals surface area contributed by atoms with E-state index >= 15 is 0 Å². The fraction of sp³-hybridized carbons (Fsp3) is 0.167. The largest absolute Gasteiger partial charge is 0.495 e. The molecule has 1 radical (unpaired) electrons. The van der Waals surface area contributed by atoms with Gasteiger partial charge >= 0.3 is 0 Å². The Morgan fingerprint density at radius 1 is 1.56 bits per heavy atom. The molecule has 0 aliphatic carbocycles. The Balaban J connectivity index is 2.88. The minimum absolute atomic E-state index is 0.593. The van der Waals surface area contributed by atoms with Crippen LogP contribution in [0.1, 0.15) is 0 Å². The minimum Gasteiger partial charge on any atom is -0.495 e. The van der Waals surface area contributed by atoms with Crippen molar-refractivity contribution in [2.45, 2.75) is 5.03 Å². The third-order valence-electron chi connectivity index (χ3n) is 0.945. The molecule has 0 saturated carbocycles. The van der Waals surface area contributed by atoms with Gasteiger partial charge in [-0.3, -0.25) is 0 Å². The zero-order valence-corrected chi connectivity index (χ0v) is 5.81. The number of pyridine rings is 1. The molecule has 0 aliphatic heterocycles. The van der Waals surface area contributed by atoms with Crippen LogP contribution < -0.4 is 4.74 Å². The fourth-order valence-corrected chi connectivity index (χ4v) is 0.608. The van der Waals surface area contributed by atoms with E-state index in [-0.39, 0.29) is 0 Å². The molecule has 0 atom stereocenters.